The van der Waals surface area contributed by atoms with E-state index in [2.05, 4.69) is 11.3 Å². The smallest absolute Gasteiger partial charge is 0.290 e. The highest BCUT2D eigenvalue weighted by atomic mass is 32.2. The highest BCUT2D eigenvalue weighted by molar-refractivity contribution is 7.88. The lowest BCUT2D eigenvalue weighted by atomic mass is 10.7. The molecule has 5 nitrogen and oxygen atoms in total. The minimum Gasteiger partial charge on any atom is -0.474 e. The average Bonchev–Trinajstić information content (AvgIpc) is 1.94. The summed E-state index contributed by atoms with van der Waals surface area (Å²) < 4.78 is 37.5. The highest BCUT2D eigenvalue weighted by Crippen LogP contribution is 1.86. The molecule has 0 spiro atoms. The van der Waals surface area contributed by atoms with E-state index >= 15 is 0 Å². The molecule has 1 N–H and O–H groups in total. The van der Waals surface area contributed by atoms with Gasteiger partial charge in [0, 0.05) is 0 Å². The second-order valence-corrected chi connectivity index (χ2v) is 3.03. The maximum absolute atomic E-state index is 10.1. The van der Waals surface area contributed by atoms with Crippen LogP contribution in [0.4, 0.5) is 0 Å². The summed E-state index contributed by atoms with van der Waals surface area (Å²) in [5.41, 5.74) is 0. The van der Waals surface area contributed by atoms with Crippen molar-refractivity contribution in [3.8, 4) is 0 Å². The maximum Gasteiger partial charge on any atom is 0.290 e. The molecule has 0 aliphatic rings. The van der Waals surface area contributed by atoms with Crippen molar-refractivity contribution in [3.05, 3.63) is 24.3 Å². The van der Waals surface area contributed by atoms with E-state index in [1.165, 1.54) is 6.08 Å². The van der Waals surface area contributed by atoms with Crippen LogP contribution in [-0.2, 0) is 19.6 Å². The Morgan fingerprint density at radius 2 is 2.17 bits per heavy atom. The van der Waals surface area contributed by atoms with Gasteiger partial charge in [0.25, 0.3) is 10.1 Å². The van der Waals surface area contributed by atoms with E-state index < -0.39 is 10.1 Å². The highest BCUT2D eigenvalue weighted by Gasteiger charge is 1.93. The molecule has 0 aromatic rings. The van der Waals surface area contributed by atoms with Crippen LogP contribution in [0.15, 0.2) is 24.3 Å². The van der Waals surface area contributed by atoms with Crippen LogP contribution in [0.3, 0.4) is 0 Å². The van der Waals surface area contributed by atoms with Crippen molar-refractivity contribution in [1.29, 1.82) is 0 Å². The first-order chi connectivity index (χ1) is 5.56. The first-order valence-corrected chi connectivity index (χ1v) is 4.51. The quantitative estimate of drug-likeness (QED) is 0.219. The van der Waals surface area contributed by atoms with Gasteiger partial charge in [0.1, 0.15) is 0 Å². The standard InChI is InChI=1S/C6H10O5S/c1-2-3-10-6-11-4-5-12(7,8)9/h2,4-5H,1,3,6H2,(H,7,8,9)/b5-4+. The molecule has 6 heteroatoms. The van der Waals surface area contributed by atoms with E-state index in [1.54, 1.807) is 0 Å². The summed E-state index contributed by atoms with van der Waals surface area (Å²) in [6, 6.07) is 0. The lowest BCUT2D eigenvalue weighted by Gasteiger charge is -1.98. The zero-order valence-corrected chi connectivity index (χ0v) is 7.16. The van der Waals surface area contributed by atoms with Gasteiger partial charge in [0.2, 0.25) is 0 Å². The van der Waals surface area contributed by atoms with Crippen LogP contribution in [0.1, 0.15) is 0 Å². The van der Waals surface area contributed by atoms with Gasteiger partial charge >= 0.3 is 0 Å². The van der Waals surface area contributed by atoms with Gasteiger partial charge in [-0.25, -0.2) is 0 Å². The van der Waals surface area contributed by atoms with Gasteiger partial charge in [-0.2, -0.15) is 8.42 Å². The second-order valence-electron chi connectivity index (χ2n) is 1.73. The molecule has 0 rings (SSSR count). The van der Waals surface area contributed by atoms with E-state index in [1.807, 2.05) is 0 Å². The van der Waals surface area contributed by atoms with E-state index in [0.717, 1.165) is 6.26 Å². The Kier molecular flexibility index (Phi) is 5.35. The third kappa shape index (κ3) is 9.15. The number of hydrogen-bond donors (Lipinski definition) is 1. The average molecular weight is 194 g/mol. The van der Waals surface area contributed by atoms with E-state index in [9.17, 15) is 8.42 Å². The Hall–Kier alpha value is -0.850. The van der Waals surface area contributed by atoms with Crippen LogP contribution < -0.4 is 0 Å². The second kappa shape index (κ2) is 5.76. The number of ether oxygens (including phenoxy) is 2. The normalized spacial score (nSPS) is 11.8. The van der Waals surface area contributed by atoms with Crippen LogP contribution >= 0.6 is 0 Å². The van der Waals surface area contributed by atoms with Crippen molar-refractivity contribution in [2.45, 2.75) is 0 Å². The third-order valence-corrected chi connectivity index (χ3v) is 1.17. The molecule has 0 unspecified atom stereocenters. The molecule has 0 heterocycles. The minimum absolute atomic E-state index is 0.0853. The fourth-order valence-electron chi connectivity index (χ4n) is 0.328. The van der Waals surface area contributed by atoms with Crippen LogP contribution in [0.25, 0.3) is 0 Å². The summed E-state index contributed by atoms with van der Waals surface area (Å²) in [5, 5.41) is 0.518. The molecule has 0 aliphatic carbocycles. The fourth-order valence-corrected chi connectivity index (χ4v) is 0.547. The van der Waals surface area contributed by atoms with Gasteiger partial charge in [-0.15, -0.1) is 6.58 Å². The fraction of sp³-hybridized carbons (Fsp3) is 0.333. The Balaban J connectivity index is 3.44. The van der Waals surface area contributed by atoms with Crippen LogP contribution in [0, 0.1) is 0 Å². The summed E-state index contributed by atoms with van der Waals surface area (Å²) in [4.78, 5) is 0. The molecule has 0 bridgehead atoms. The van der Waals surface area contributed by atoms with E-state index in [-0.39, 0.29) is 6.79 Å². The van der Waals surface area contributed by atoms with Gasteiger partial charge in [0.15, 0.2) is 6.79 Å². The molecule has 0 atom stereocenters. The first-order valence-electron chi connectivity index (χ1n) is 3.00. The summed E-state index contributed by atoms with van der Waals surface area (Å²) in [5.74, 6) is 0. The van der Waals surface area contributed by atoms with Crippen molar-refractivity contribution in [1.82, 2.24) is 0 Å². The number of rotatable bonds is 6. The summed E-state index contributed by atoms with van der Waals surface area (Å²) in [6.07, 6.45) is 2.36. The SMILES string of the molecule is C=CCOCO/C=C/S(=O)(=O)O. The molecule has 0 fully saturated rings. The van der Waals surface area contributed by atoms with Crippen molar-refractivity contribution in [3.63, 3.8) is 0 Å². The van der Waals surface area contributed by atoms with Crippen molar-refractivity contribution >= 4 is 10.1 Å². The molecule has 0 radical (unpaired) electrons. The predicted octanol–water partition coefficient (Wildman–Crippen LogP) is 0.522. The van der Waals surface area contributed by atoms with E-state index in [0.29, 0.717) is 12.0 Å². The van der Waals surface area contributed by atoms with Gasteiger partial charge < -0.3 is 9.47 Å². The number of hydrogen-bond acceptors (Lipinski definition) is 4. The van der Waals surface area contributed by atoms with Crippen LogP contribution in [0.5, 0.6) is 0 Å². The molecule has 0 aromatic carbocycles. The molecule has 0 aliphatic heterocycles. The Bertz CT molecular complexity index is 241. The van der Waals surface area contributed by atoms with Crippen molar-refractivity contribution < 1.29 is 22.4 Å². The summed E-state index contributed by atoms with van der Waals surface area (Å²) in [6.45, 7) is 3.62. The van der Waals surface area contributed by atoms with Crippen LogP contribution in [0.2, 0.25) is 0 Å². The molecule has 0 aromatic heterocycles. The van der Waals surface area contributed by atoms with Crippen molar-refractivity contribution in [2.75, 3.05) is 13.4 Å². The molecule has 70 valence electrons. The van der Waals surface area contributed by atoms with Gasteiger partial charge in [-0.1, -0.05) is 6.08 Å². The molecule has 12 heavy (non-hydrogen) atoms. The molecular weight excluding hydrogens is 184 g/mol. The zero-order chi connectivity index (χ0) is 9.45. The predicted molar refractivity (Wildman–Crippen MR) is 42.8 cm³/mol. The van der Waals surface area contributed by atoms with Gasteiger partial charge in [-0.05, 0) is 0 Å². The topological polar surface area (TPSA) is 72.8 Å². The lowest BCUT2D eigenvalue weighted by molar-refractivity contribution is 0.00230. The van der Waals surface area contributed by atoms with Crippen molar-refractivity contribution in [2.24, 2.45) is 0 Å². The Labute approximate surface area is 71.0 Å². The minimum atomic E-state index is -4.10. The Morgan fingerprint density at radius 3 is 2.67 bits per heavy atom. The monoisotopic (exact) mass is 194 g/mol. The Morgan fingerprint density at radius 1 is 1.50 bits per heavy atom. The van der Waals surface area contributed by atoms with E-state index in [4.69, 9.17) is 9.29 Å². The molecule has 0 saturated carbocycles. The maximum atomic E-state index is 10.1. The zero-order valence-electron chi connectivity index (χ0n) is 6.34. The first kappa shape index (κ1) is 11.2. The largest absolute Gasteiger partial charge is 0.474 e. The lowest BCUT2D eigenvalue weighted by Crippen LogP contribution is -1.96. The molecule has 0 saturated heterocycles. The van der Waals surface area contributed by atoms with Gasteiger partial charge in [-0.3, -0.25) is 4.55 Å². The third-order valence-electron chi connectivity index (χ3n) is 0.711. The molecular formula is C6H10O5S. The van der Waals surface area contributed by atoms with Gasteiger partial charge in [0.05, 0.1) is 18.3 Å². The van der Waals surface area contributed by atoms with Crippen LogP contribution in [-0.4, -0.2) is 26.4 Å². The summed E-state index contributed by atoms with van der Waals surface area (Å²) >= 11 is 0. The summed E-state index contributed by atoms with van der Waals surface area (Å²) in [7, 11) is -4.10. The molecule has 0 amide bonds.